The number of nitrogens with one attached hydrogen (secondary N) is 3. The van der Waals surface area contributed by atoms with Crippen molar-refractivity contribution in [3.8, 4) is 22.5 Å². The van der Waals surface area contributed by atoms with Gasteiger partial charge in [0.05, 0.1) is 17.4 Å². The van der Waals surface area contributed by atoms with E-state index in [0.29, 0.717) is 72.2 Å². The topological polar surface area (TPSA) is 141 Å². The van der Waals surface area contributed by atoms with Crippen LogP contribution in [-0.4, -0.2) is 61.0 Å². The Hall–Kier alpha value is -5.19. The second-order valence-electron chi connectivity index (χ2n) is 13.8. The van der Waals surface area contributed by atoms with E-state index in [-0.39, 0.29) is 23.8 Å². The van der Waals surface area contributed by atoms with Gasteiger partial charge in [-0.1, -0.05) is 37.8 Å². The van der Waals surface area contributed by atoms with Gasteiger partial charge < -0.3 is 30.4 Å². The van der Waals surface area contributed by atoms with Gasteiger partial charge >= 0.3 is 5.97 Å². The van der Waals surface area contributed by atoms with Crippen LogP contribution in [0.15, 0.2) is 65.1 Å². The zero-order valence-corrected chi connectivity index (χ0v) is 30.0. The lowest BCUT2D eigenvalue weighted by Gasteiger charge is -2.35. The van der Waals surface area contributed by atoms with Gasteiger partial charge in [-0.25, -0.2) is 4.39 Å². The van der Waals surface area contributed by atoms with E-state index < -0.39 is 29.7 Å². The second-order valence-corrected chi connectivity index (χ2v) is 13.8. The van der Waals surface area contributed by atoms with E-state index >= 15 is 0 Å². The Morgan fingerprint density at radius 2 is 1.46 bits per heavy atom. The Morgan fingerprint density at radius 3 is 2.12 bits per heavy atom. The normalized spacial score (nSPS) is 20.2. The molecule has 10 nitrogen and oxygen atoms in total. The Labute approximate surface area is 303 Å². The summed E-state index contributed by atoms with van der Waals surface area (Å²) >= 11 is 0. The molecule has 2 saturated carbocycles. The number of amides is 3. The monoisotopic (exact) mass is 710 g/mol. The van der Waals surface area contributed by atoms with Gasteiger partial charge in [0.15, 0.2) is 0 Å². The van der Waals surface area contributed by atoms with E-state index in [9.17, 15) is 28.7 Å². The molecule has 4 atom stereocenters. The zero-order chi connectivity index (χ0) is 36.9. The van der Waals surface area contributed by atoms with Crippen molar-refractivity contribution in [2.75, 3.05) is 25.0 Å². The number of benzene rings is 3. The summed E-state index contributed by atoms with van der Waals surface area (Å²) in [7, 11) is 1.55. The first-order chi connectivity index (χ1) is 25.1. The molecule has 2 aliphatic rings. The first-order valence-corrected chi connectivity index (χ1v) is 18.4. The van der Waals surface area contributed by atoms with Crippen LogP contribution in [0, 0.1) is 17.7 Å². The molecule has 11 heteroatoms. The summed E-state index contributed by atoms with van der Waals surface area (Å²) in [6, 6.07) is 16.2. The van der Waals surface area contributed by atoms with Crippen molar-refractivity contribution < 1.29 is 33.1 Å². The Kier molecular flexibility index (Phi) is 11.3. The van der Waals surface area contributed by atoms with E-state index in [1.807, 2.05) is 30.3 Å². The highest BCUT2D eigenvalue weighted by Gasteiger charge is 2.37. The molecule has 0 radical (unpaired) electrons. The average molecular weight is 711 g/mol. The van der Waals surface area contributed by atoms with E-state index in [1.165, 1.54) is 12.1 Å². The molecule has 52 heavy (non-hydrogen) atoms. The lowest BCUT2D eigenvalue weighted by Crippen LogP contribution is -2.52. The standard InChI is InChI=1S/C41H47FN4O6/c1-4-46(5-2)34-23-35-31(36(40(49)43-3)37(52-35)24-17-19-27(42)20-18-24)22-30(34)25-11-10-12-26(21-25)38(47)44-32-15-8-6-13-28(32)39(48)45-33-16-9-7-14-29(33)41(50)51/h10-12,17-23,28-29,32-33H,4-9,13-16H2,1-3H3,(H,43,49)(H,44,47)(H,45,48)(H,50,51)/t28-,29-,32-,33-/m1/s1. The van der Waals surface area contributed by atoms with Crippen LogP contribution >= 0.6 is 0 Å². The van der Waals surface area contributed by atoms with Gasteiger partial charge in [0, 0.05) is 66.1 Å². The predicted molar refractivity (Wildman–Crippen MR) is 199 cm³/mol. The zero-order valence-electron chi connectivity index (χ0n) is 30.0. The van der Waals surface area contributed by atoms with Crippen molar-refractivity contribution in [2.24, 2.45) is 11.8 Å². The maximum Gasteiger partial charge on any atom is 0.308 e. The maximum absolute atomic E-state index is 13.9. The number of fused-ring (bicyclic) bond motifs is 1. The summed E-state index contributed by atoms with van der Waals surface area (Å²) in [4.78, 5) is 54.8. The van der Waals surface area contributed by atoms with Gasteiger partial charge in [-0.3, -0.25) is 19.2 Å². The van der Waals surface area contributed by atoms with Gasteiger partial charge in [0.2, 0.25) is 5.91 Å². The summed E-state index contributed by atoms with van der Waals surface area (Å²) in [5.41, 5.74) is 4.26. The van der Waals surface area contributed by atoms with E-state index in [4.69, 9.17) is 4.42 Å². The number of hydrogen-bond acceptors (Lipinski definition) is 6. The third kappa shape index (κ3) is 7.54. The van der Waals surface area contributed by atoms with Crippen LogP contribution in [0.1, 0.15) is 85.9 Å². The molecule has 3 aromatic carbocycles. The molecular formula is C41H47FN4O6. The van der Waals surface area contributed by atoms with Crippen molar-refractivity contribution in [2.45, 2.75) is 77.3 Å². The molecule has 0 aliphatic heterocycles. The Balaban J connectivity index is 1.32. The molecule has 3 amide bonds. The number of nitrogens with zero attached hydrogens (tertiary/aromatic N) is 1. The number of aliphatic carboxylic acids is 1. The third-order valence-corrected chi connectivity index (χ3v) is 10.7. The maximum atomic E-state index is 13.9. The minimum absolute atomic E-state index is 0.193. The van der Waals surface area contributed by atoms with Crippen LogP contribution in [0.25, 0.3) is 33.4 Å². The highest BCUT2D eigenvalue weighted by molar-refractivity contribution is 6.13. The number of halogens is 1. The van der Waals surface area contributed by atoms with E-state index in [1.54, 1.807) is 25.2 Å². The largest absolute Gasteiger partial charge is 0.481 e. The van der Waals surface area contributed by atoms with Crippen molar-refractivity contribution >= 4 is 40.3 Å². The Morgan fingerprint density at radius 1 is 0.808 bits per heavy atom. The SMILES string of the molecule is CCN(CC)c1cc2oc(-c3ccc(F)cc3)c(C(=O)NC)c2cc1-c1cccc(C(=O)N[C@@H]2CCCC[C@H]2C(=O)N[C@@H]2CCCC[C@H]2C(=O)O)c1. The third-order valence-electron chi connectivity index (χ3n) is 10.7. The van der Waals surface area contributed by atoms with Crippen LogP contribution in [0.4, 0.5) is 10.1 Å². The molecule has 0 saturated heterocycles. The number of hydrogen-bond donors (Lipinski definition) is 4. The highest BCUT2D eigenvalue weighted by atomic mass is 19.1. The lowest BCUT2D eigenvalue weighted by molar-refractivity contribution is -0.144. The van der Waals surface area contributed by atoms with Crippen LogP contribution in [0.3, 0.4) is 0 Å². The number of furan rings is 1. The van der Waals surface area contributed by atoms with Gasteiger partial charge in [0.25, 0.3) is 11.8 Å². The van der Waals surface area contributed by atoms with Crippen LogP contribution in [0.5, 0.6) is 0 Å². The van der Waals surface area contributed by atoms with Crippen LogP contribution < -0.4 is 20.9 Å². The van der Waals surface area contributed by atoms with Crippen LogP contribution in [0.2, 0.25) is 0 Å². The first-order valence-electron chi connectivity index (χ1n) is 18.4. The van der Waals surface area contributed by atoms with E-state index in [0.717, 1.165) is 42.5 Å². The molecular weight excluding hydrogens is 663 g/mol. The molecule has 0 unspecified atom stereocenters. The fourth-order valence-electron chi connectivity index (χ4n) is 7.93. The molecule has 4 N–H and O–H groups in total. The van der Waals surface area contributed by atoms with Crippen molar-refractivity contribution in [1.82, 2.24) is 16.0 Å². The summed E-state index contributed by atoms with van der Waals surface area (Å²) < 4.78 is 20.1. The number of carboxylic acids is 1. The number of carbonyl (C=O) groups is 4. The summed E-state index contributed by atoms with van der Waals surface area (Å²) in [5, 5.41) is 19.2. The van der Waals surface area contributed by atoms with Gasteiger partial charge in [-0.2, -0.15) is 0 Å². The minimum atomic E-state index is -0.882. The minimum Gasteiger partial charge on any atom is -0.481 e. The smallest absolute Gasteiger partial charge is 0.308 e. The van der Waals surface area contributed by atoms with E-state index in [2.05, 4.69) is 34.7 Å². The molecule has 2 fully saturated rings. The molecule has 1 heterocycles. The summed E-state index contributed by atoms with van der Waals surface area (Å²) in [6.07, 6.45) is 5.90. The van der Waals surface area contributed by atoms with Crippen molar-refractivity contribution in [3.63, 3.8) is 0 Å². The molecule has 2 aliphatic carbocycles. The highest BCUT2D eigenvalue weighted by Crippen LogP contribution is 2.41. The Bertz CT molecular complexity index is 1950. The van der Waals surface area contributed by atoms with Crippen LogP contribution in [-0.2, 0) is 9.59 Å². The molecule has 0 bridgehead atoms. The second kappa shape index (κ2) is 16.0. The van der Waals surface area contributed by atoms with Gasteiger partial charge in [0.1, 0.15) is 17.2 Å². The van der Waals surface area contributed by atoms with Gasteiger partial charge in [-0.15, -0.1) is 0 Å². The molecule has 4 aromatic rings. The lowest BCUT2D eigenvalue weighted by atomic mass is 9.81. The predicted octanol–water partition coefficient (Wildman–Crippen LogP) is 7.16. The fourth-order valence-corrected chi connectivity index (χ4v) is 7.93. The van der Waals surface area contributed by atoms with Gasteiger partial charge in [-0.05, 0) is 87.6 Å². The number of carbonyl (C=O) groups excluding carboxylic acids is 3. The van der Waals surface area contributed by atoms with Crippen molar-refractivity contribution in [1.29, 1.82) is 0 Å². The number of rotatable bonds is 11. The number of carboxylic acid groups (broad SMARTS) is 1. The number of anilines is 1. The van der Waals surface area contributed by atoms with Crippen molar-refractivity contribution in [3.05, 3.63) is 77.6 Å². The summed E-state index contributed by atoms with van der Waals surface area (Å²) in [5.74, 6) is -2.83. The molecule has 274 valence electrons. The molecule has 1 aromatic heterocycles. The average Bonchev–Trinajstić information content (AvgIpc) is 3.53. The fraction of sp³-hybridized carbons (Fsp3) is 0.415. The quantitative estimate of drug-likeness (QED) is 0.130. The summed E-state index contributed by atoms with van der Waals surface area (Å²) in [6.45, 7) is 5.50. The first kappa shape index (κ1) is 36.6. The molecule has 0 spiro atoms. The molecule has 6 rings (SSSR count).